The summed E-state index contributed by atoms with van der Waals surface area (Å²) in [6.07, 6.45) is 21.1. The van der Waals surface area contributed by atoms with Gasteiger partial charge in [0.25, 0.3) is 0 Å². The van der Waals surface area contributed by atoms with E-state index in [1.165, 1.54) is 11.0 Å². The highest BCUT2D eigenvalue weighted by molar-refractivity contribution is 6.54. The first-order valence-electron chi connectivity index (χ1n) is 11.1. The molecule has 0 radical (unpaired) electrons. The second-order valence-electron chi connectivity index (χ2n) is 8.95. The second kappa shape index (κ2) is 11.0. The highest BCUT2D eigenvalue weighted by Crippen LogP contribution is 2.44. The van der Waals surface area contributed by atoms with Gasteiger partial charge >= 0.3 is 7.12 Å². The van der Waals surface area contributed by atoms with Gasteiger partial charge < -0.3 is 9.31 Å². The minimum absolute atomic E-state index is 0.0996. The Morgan fingerprint density at radius 2 is 1.97 bits per heavy atom. The predicted molar refractivity (Wildman–Crippen MR) is 127 cm³/mol. The second-order valence-corrected chi connectivity index (χ2v) is 8.95. The molecule has 0 aromatic heterocycles. The zero-order valence-corrected chi connectivity index (χ0v) is 19.3. The molecule has 0 amide bonds. The average molecular weight is 394 g/mol. The Balaban J connectivity index is 2.00. The van der Waals surface area contributed by atoms with Gasteiger partial charge in [-0.3, -0.25) is 0 Å². The van der Waals surface area contributed by atoms with Crippen LogP contribution in [0.4, 0.5) is 0 Å². The van der Waals surface area contributed by atoms with Crippen molar-refractivity contribution in [2.24, 2.45) is 11.8 Å². The molecule has 0 spiro atoms. The molecular weight excluding hydrogens is 355 g/mol. The topological polar surface area (TPSA) is 18.5 Å². The molecule has 1 heterocycles. The van der Waals surface area contributed by atoms with E-state index in [0.29, 0.717) is 11.8 Å². The number of unbranched alkanes of at least 4 members (excludes halogenated alkanes) is 1. The molecule has 0 aromatic rings. The number of rotatable bonds is 11. The minimum Gasteiger partial charge on any atom is -0.402 e. The smallest absolute Gasteiger partial charge is 0.402 e. The van der Waals surface area contributed by atoms with Gasteiger partial charge in [0.15, 0.2) is 0 Å². The van der Waals surface area contributed by atoms with Gasteiger partial charge in [0.2, 0.25) is 0 Å². The molecule has 0 bridgehead atoms. The lowest BCUT2D eigenvalue weighted by Gasteiger charge is -2.21. The van der Waals surface area contributed by atoms with Crippen LogP contribution in [0.3, 0.4) is 0 Å². The molecule has 1 aliphatic heterocycles. The van der Waals surface area contributed by atoms with Crippen LogP contribution in [-0.4, -0.2) is 18.8 Å². The van der Waals surface area contributed by atoms with Crippen LogP contribution >= 0.6 is 0 Å². The van der Waals surface area contributed by atoms with Crippen molar-refractivity contribution in [3.63, 3.8) is 0 Å². The van der Waals surface area contributed by atoms with Gasteiger partial charge in [-0.05, 0) is 70.3 Å². The molecule has 3 atom stereocenters. The van der Waals surface area contributed by atoms with E-state index in [9.17, 15) is 0 Å². The fourth-order valence-corrected chi connectivity index (χ4v) is 3.87. The normalized spacial score (nSPS) is 25.7. The van der Waals surface area contributed by atoms with E-state index in [1.54, 1.807) is 11.6 Å². The van der Waals surface area contributed by atoms with E-state index in [-0.39, 0.29) is 18.8 Å². The molecule has 1 aliphatic carbocycles. The Hall–Kier alpha value is -1.58. The highest BCUT2D eigenvalue weighted by Gasteiger charge is 2.45. The SMILES string of the molecule is C=C/C=C\C=C/CC/C=C(\C[C@@H](C)CC1=C(/C=C\C)C1C)B1OC(C)C(C)(C)O1. The van der Waals surface area contributed by atoms with Crippen LogP contribution in [0.2, 0.25) is 0 Å². The number of allylic oxidation sites excluding steroid dienone is 11. The Morgan fingerprint density at radius 3 is 2.59 bits per heavy atom. The van der Waals surface area contributed by atoms with E-state index < -0.39 is 0 Å². The lowest BCUT2D eigenvalue weighted by atomic mass is 9.72. The Kier molecular flexibility index (Phi) is 8.98. The third kappa shape index (κ3) is 7.01. The molecule has 29 heavy (non-hydrogen) atoms. The van der Waals surface area contributed by atoms with E-state index in [2.05, 4.69) is 78.5 Å². The third-order valence-electron chi connectivity index (χ3n) is 6.03. The van der Waals surface area contributed by atoms with Crippen LogP contribution in [0.5, 0.6) is 0 Å². The van der Waals surface area contributed by atoms with Crippen LogP contribution in [0, 0.1) is 11.8 Å². The standard InChI is InChI=1S/C26H39BO2/c1-8-10-11-12-13-14-15-17-23(27-28-22(5)26(6,7)29-27)18-20(3)19-25-21(4)24(25)16-9-2/h8-13,16-17,20-22H,1,14-15,18-19H2,2-7H3/b11-10-,13-12-,16-9-,23-17+/t20-,21?,22?/m1/s1. The van der Waals surface area contributed by atoms with Crippen molar-refractivity contribution in [2.75, 3.05) is 0 Å². The summed E-state index contributed by atoms with van der Waals surface area (Å²) < 4.78 is 12.5. The van der Waals surface area contributed by atoms with E-state index in [1.807, 2.05) is 12.2 Å². The van der Waals surface area contributed by atoms with Crippen LogP contribution in [-0.2, 0) is 9.31 Å². The van der Waals surface area contributed by atoms with Gasteiger partial charge in [0.1, 0.15) is 0 Å². The van der Waals surface area contributed by atoms with Gasteiger partial charge in [-0.2, -0.15) is 0 Å². The maximum atomic E-state index is 6.28. The van der Waals surface area contributed by atoms with Gasteiger partial charge in [-0.25, -0.2) is 0 Å². The molecule has 2 rings (SSSR count). The fraction of sp³-hybridized carbons (Fsp3) is 0.538. The largest absolute Gasteiger partial charge is 0.490 e. The summed E-state index contributed by atoms with van der Waals surface area (Å²) in [5, 5.41) is 0. The maximum absolute atomic E-state index is 6.28. The predicted octanol–water partition coefficient (Wildman–Crippen LogP) is 7.17. The molecule has 2 nitrogen and oxygen atoms in total. The van der Waals surface area contributed by atoms with Crippen LogP contribution in [0.1, 0.15) is 67.2 Å². The van der Waals surface area contributed by atoms with Crippen molar-refractivity contribution in [1.82, 2.24) is 0 Å². The Morgan fingerprint density at radius 1 is 1.21 bits per heavy atom. The van der Waals surface area contributed by atoms with Crippen molar-refractivity contribution in [2.45, 2.75) is 78.9 Å². The average Bonchev–Trinajstić information content (AvgIpc) is 3.15. The molecule has 0 saturated carbocycles. The summed E-state index contributed by atoms with van der Waals surface area (Å²) in [5.74, 6) is 1.24. The summed E-state index contributed by atoms with van der Waals surface area (Å²) in [7, 11) is -0.215. The molecule has 3 heteroatoms. The van der Waals surface area contributed by atoms with Gasteiger partial charge in [0, 0.05) is 5.92 Å². The lowest BCUT2D eigenvalue weighted by molar-refractivity contribution is 0.0841. The van der Waals surface area contributed by atoms with Crippen LogP contribution in [0.15, 0.2) is 71.8 Å². The zero-order chi connectivity index (χ0) is 21.4. The summed E-state index contributed by atoms with van der Waals surface area (Å²) in [4.78, 5) is 0. The fourth-order valence-electron chi connectivity index (χ4n) is 3.87. The first-order valence-corrected chi connectivity index (χ1v) is 11.1. The van der Waals surface area contributed by atoms with Gasteiger partial charge in [-0.1, -0.05) is 74.6 Å². The Bertz CT molecular complexity index is 708. The molecule has 0 N–H and O–H groups in total. The molecule has 1 saturated heterocycles. The van der Waals surface area contributed by atoms with Crippen molar-refractivity contribution >= 4 is 7.12 Å². The molecule has 2 aliphatic rings. The molecule has 1 fully saturated rings. The highest BCUT2D eigenvalue weighted by atomic mass is 16.7. The number of hydrogen-bond donors (Lipinski definition) is 0. The van der Waals surface area contributed by atoms with Crippen LogP contribution in [0.25, 0.3) is 0 Å². The molecule has 158 valence electrons. The van der Waals surface area contributed by atoms with E-state index in [4.69, 9.17) is 9.31 Å². The van der Waals surface area contributed by atoms with E-state index >= 15 is 0 Å². The van der Waals surface area contributed by atoms with Gasteiger partial charge in [-0.15, -0.1) is 0 Å². The molecular formula is C26H39BO2. The van der Waals surface area contributed by atoms with Crippen molar-refractivity contribution in [3.8, 4) is 0 Å². The molecule has 0 aromatic carbocycles. The van der Waals surface area contributed by atoms with Crippen LogP contribution < -0.4 is 0 Å². The van der Waals surface area contributed by atoms with E-state index in [0.717, 1.165) is 25.7 Å². The monoisotopic (exact) mass is 394 g/mol. The Labute approximate surface area is 179 Å². The number of hydrogen-bond acceptors (Lipinski definition) is 2. The summed E-state index contributed by atoms with van der Waals surface area (Å²) >= 11 is 0. The lowest BCUT2D eigenvalue weighted by Crippen LogP contribution is -2.30. The summed E-state index contributed by atoms with van der Waals surface area (Å²) in [5.41, 5.74) is 4.21. The zero-order valence-electron chi connectivity index (χ0n) is 19.3. The molecule has 2 unspecified atom stereocenters. The minimum atomic E-state index is -0.241. The van der Waals surface area contributed by atoms with Gasteiger partial charge in [0.05, 0.1) is 11.7 Å². The summed E-state index contributed by atoms with van der Waals surface area (Å²) in [6, 6.07) is 0. The quantitative estimate of drug-likeness (QED) is 0.210. The first kappa shape index (κ1) is 23.7. The van der Waals surface area contributed by atoms with Crippen molar-refractivity contribution in [3.05, 3.63) is 71.8 Å². The first-order chi connectivity index (χ1) is 13.8. The van der Waals surface area contributed by atoms with Crippen molar-refractivity contribution < 1.29 is 9.31 Å². The van der Waals surface area contributed by atoms with Crippen molar-refractivity contribution in [1.29, 1.82) is 0 Å². The third-order valence-corrected chi connectivity index (χ3v) is 6.03. The summed E-state index contributed by atoms with van der Waals surface area (Å²) in [6.45, 7) is 16.8. The maximum Gasteiger partial charge on any atom is 0.490 e.